The molecule has 2 atom stereocenters. The van der Waals surface area contributed by atoms with Crippen molar-refractivity contribution in [3.05, 3.63) is 59.7 Å². The molecule has 4 heteroatoms. The van der Waals surface area contributed by atoms with Gasteiger partial charge < -0.3 is 9.47 Å². The summed E-state index contributed by atoms with van der Waals surface area (Å²) in [5.74, 6) is 0.475. The molecule has 0 unspecified atom stereocenters. The lowest BCUT2D eigenvalue weighted by molar-refractivity contribution is 0.0794. The van der Waals surface area contributed by atoms with Gasteiger partial charge in [0.2, 0.25) is 0 Å². The van der Waals surface area contributed by atoms with E-state index in [1.165, 1.54) is 0 Å². The third-order valence-corrected chi connectivity index (χ3v) is 4.33. The van der Waals surface area contributed by atoms with Gasteiger partial charge in [0.15, 0.2) is 11.6 Å². The monoisotopic (exact) mass is 326 g/mol. The number of Topliss-reactive ketones (excluding diaryl/α,β-unsaturated/α-hetero) is 2. The highest BCUT2D eigenvalue weighted by Gasteiger charge is 2.27. The lowest BCUT2D eigenvalue weighted by Crippen LogP contribution is -2.25. The summed E-state index contributed by atoms with van der Waals surface area (Å²) < 4.78 is 10.2. The number of carbonyl (C=O) groups is 2. The SMILES string of the molecule is COc1ccc(C(=O)[C@@H](C)[C@@H](C)C(=O)c2ccc(OC)cc2)cc1. The second-order valence-electron chi connectivity index (χ2n) is 5.76. The lowest BCUT2D eigenvalue weighted by atomic mass is 9.83. The second-order valence-corrected chi connectivity index (χ2v) is 5.76. The quantitative estimate of drug-likeness (QED) is 0.721. The molecule has 0 radical (unpaired) electrons. The highest BCUT2D eigenvalue weighted by atomic mass is 16.5. The molecular formula is C20H22O4. The van der Waals surface area contributed by atoms with Crippen LogP contribution >= 0.6 is 0 Å². The number of hydrogen-bond acceptors (Lipinski definition) is 4. The first kappa shape index (κ1) is 17.7. The maximum atomic E-state index is 12.6. The van der Waals surface area contributed by atoms with Gasteiger partial charge in [-0.05, 0) is 48.5 Å². The summed E-state index contributed by atoms with van der Waals surface area (Å²) >= 11 is 0. The molecule has 0 spiro atoms. The van der Waals surface area contributed by atoms with Crippen LogP contribution in [0, 0.1) is 11.8 Å². The standard InChI is InChI=1S/C20H22O4/c1-13(19(21)15-5-9-17(23-3)10-6-15)14(2)20(22)16-7-11-18(24-4)12-8-16/h5-14H,1-4H3/t13-,14+. The molecule has 24 heavy (non-hydrogen) atoms. The van der Waals surface area contributed by atoms with Crippen LogP contribution in [0.2, 0.25) is 0 Å². The molecule has 0 N–H and O–H groups in total. The number of benzene rings is 2. The average molecular weight is 326 g/mol. The lowest BCUT2D eigenvalue weighted by Gasteiger charge is -2.18. The number of ether oxygens (including phenoxy) is 2. The fraction of sp³-hybridized carbons (Fsp3) is 0.300. The molecule has 2 aromatic carbocycles. The van der Waals surface area contributed by atoms with Crippen LogP contribution in [0.3, 0.4) is 0 Å². The van der Waals surface area contributed by atoms with Gasteiger partial charge in [-0.15, -0.1) is 0 Å². The minimum absolute atomic E-state index is 0.0491. The second kappa shape index (κ2) is 7.77. The summed E-state index contributed by atoms with van der Waals surface area (Å²) in [6.45, 7) is 3.58. The van der Waals surface area contributed by atoms with E-state index in [1.54, 1.807) is 76.6 Å². The van der Waals surface area contributed by atoms with E-state index in [0.717, 1.165) is 0 Å². The normalized spacial score (nSPS) is 13.0. The van der Waals surface area contributed by atoms with Crippen LogP contribution in [0.15, 0.2) is 48.5 Å². The molecule has 0 aliphatic carbocycles. The van der Waals surface area contributed by atoms with E-state index >= 15 is 0 Å². The average Bonchev–Trinajstić information content (AvgIpc) is 2.65. The van der Waals surface area contributed by atoms with E-state index < -0.39 is 11.8 Å². The predicted molar refractivity (Wildman–Crippen MR) is 93.0 cm³/mol. The van der Waals surface area contributed by atoms with E-state index in [0.29, 0.717) is 22.6 Å². The molecule has 0 heterocycles. The molecule has 0 saturated carbocycles. The summed E-state index contributed by atoms with van der Waals surface area (Å²) in [5.41, 5.74) is 1.16. The Morgan fingerprint density at radius 3 is 1.21 bits per heavy atom. The molecule has 0 aliphatic rings. The first-order chi connectivity index (χ1) is 11.5. The zero-order valence-electron chi connectivity index (χ0n) is 14.4. The van der Waals surface area contributed by atoms with Gasteiger partial charge in [-0.2, -0.15) is 0 Å². The van der Waals surface area contributed by atoms with Crippen LogP contribution in [-0.2, 0) is 0 Å². The van der Waals surface area contributed by atoms with Crippen molar-refractivity contribution < 1.29 is 19.1 Å². The van der Waals surface area contributed by atoms with Crippen molar-refractivity contribution in [2.45, 2.75) is 13.8 Å². The van der Waals surface area contributed by atoms with Crippen molar-refractivity contribution >= 4 is 11.6 Å². The summed E-state index contributed by atoms with van der Waals surface area (Å²) in [4.78, 5) is 25.2. The molecule has 0 aromatic heterocycles. The zero-order chi connectivity index (χ0) is 17.7. The topological polar surface area (TPSA) is 52.6 Å². The summed E-state index contributed by atoms with van der Waals surface area (Å²) in [7, 11) is 3.16. The highest BCUT2D eigenvalue weighted by Crippen LogP contribution is 2.23. The zero-order valence-corrected chi connectivity index (χ0v) is 14.4. The number of hydrogen-bond donors (Lipinski definition) is 0. The van der Waals surface area contributed by atoms with Gasteiger partial charge in [0.1, 0.15) is 11.5 Å². The van der Waals surface area contributed by atoms with E-state index in [-0.39, 0.29) is 11.6 Å². The number of methoxy groups -OCH3 is 2. The van der Waals surface area contributed by atoms with Gasteiger partial charge in [0, 0.05) is 23.0 Å². The minimum atomic E-state index is -0.409. The first-order valence-electron chi connectivity index (χ1n) is 7.84. The first-order valence-corrected chi connectivity index (χ1v) is 7.84. The molecule has 2 aromatic rings. The Kier molecular flexibility index (Phi) is 5.74. The smallest absolute Gasteiger partial charge is 0.166 e. The molecule has 0 amide bonds. The maximum absolute atomic E-state index is 12.6. The fourth-order valence-corrected chi connectivity index (χ4v) is 2.49. The highest BCUT2D eigenvalue weighted by molar-refractivity contribution is 6.04. The van der Waals surface area contributed by atoms with Gasteiger partial charge in [0.05, 0.1) is 14.2 Å². The van der Waals surface area contributed by atoms with Crippen molar-refractivity contribution in [1.29, 1.82) is 0 Å². The van der Waals surface area contributed by atoms with E-state index in [4.69, 9.17) is 9.47 Å². The van der Waals surface area contributed by atoms with Crippen LogP contribution in [0.4, 0.5) is 0 Å². The summed E-state index contributed by atoms with van der Waals surface area (Å²) in [5, 5.41) is 0. The van der Waals surface area contributed by atoms with Crippen LogP contribution in [-0.4, -0.2) is 25.8 Å². The van der Waals surface area contributed by atoms with Crippen molar-refractivity contribution in [3.63, 3.8) is 0 Å². The van der Waals surface area contributed by atoms with Crippen molar-refractivity contribution in [3.8, 4) is 11.5 Å². The van der Waals surface area contributed by atoms with Gasteiger partial charge in [0.25, 0.3) is 0 Å². The van der Waals surface area contributed by atoms with E-state index in [1.807, 2.05) is 0 Å². The van der Waals surface area contributed by atoms with Crippen molar-refractivity contribution in [2.75, 3.05) is 14.2 Å². The van der Waals surface area contributed by atoms with Crippen LogP contribution in [0.25, 0.3) is 0 Å². The molecule has 126 valence electrons. The molecule has 4 nitrogen and oxygen atoms in total. The third kappa shape index (κ3) is 3.82. The van der Waals surface area contributed by atoms with E-state index in [2.05, 4.69) is 0 Å². The van der Waals surface area contributed by atoms with Gasteiger partial charge in [-0.25, -0.2) is 0 Å². The number of carbonyl (C=O) groups excluding carboxylic acids is 2. The Labute approximate surface area is 142 Å². The molecule has 0 saturated heterocycles. The Morgan fingerprint density at radius 1 is 0.667 bits per heavy atom. The van der Waals surface area contributed by atoms with Crippen molar-refractivity contribution in [1.82, 2.24) is 0 Å². The Bertz CT molecular complexity index is 638. The molecule has 0 fully saturated rings. The van der Waals surface area contributed by atoms with Gasteiger partial charge >= 0.3 is 0 Å². The Balaban J connectivity index is 2.12. The minimum Gasteiger partial charge on any atom is -0.497 e. The Morgan fingerprint density at radius 2 is 0.958 bits per heavy atom. The van der Waals surface area contributed by atoms with Gasteiger partial charge in [-0.3, -0.25) is 9.59 Å². The fourth-order valence-electron chi connectivity index (χ4n) is 2.49. The van der Waals surface area contributed by atoms with Crippen molar-refractivity contribution in [2.24, 2.45) is 11.8 Å². The number of ketones is 2. The molecule has 0 bridgehead atoms. The molecular weight excluding hydrogens is 304 g/mol. The largest absolute Gasteiger partial charge is 0.497 e. The number of rotatable bonds is 7. The predicted octanol–water partition coefficient (Wildman–Crippen LogP) is 4.04. The third-order valence-electron chi connectivity index (χ3n) is 4.33. The van der Waals surface area contributed by atoms with Crippen LogP contribution < -0.4 is 9.47 Å². The van der Waals surface area contributed by atoms with E-state index in [9.17, 15) is 9.59 Å². The summed E-state index contributed by atoms with van der Waals surface area (Å²) in [6, 6.07) is 13.9. The maximum Gasteiger partial charge on any atom is 0.166 e. The van der Waals surface area contributed by atoms with Crippen LogP contribution in [0.5, 0.6) is 11.5 Å². The Hall–Kier alpha value is -2.62. The summed E-state index contributed by atoms with van der Waals surface area (Å²) in [6.07, 6.45) is 0. The molecule has 0 aliphatic heterocycles. The van der Waals surface area contributed by atoms with Crippen LogP contribution in [0.1, 0.15) is 34.6 Å². The molecule has 2 rings (SSSR count). The van der Waals surface area contributed by atoms with Gasteiger partial charge in [-0.1, -0.05) is 13.8 Å².